The number of hydrogen-bond donors (Lipinski definition) is 2. The first kappa shape index (κ1) is 17.1. The number of nitrogens with zero attached hydrogens (tertiary/aromatic N) is 4. The molecule has 1 fully saturated rings. The molecule has 0 spiro atoms. The summed E-state index contributed by atoms with van der Waals surface area (Å²) in [5.41, 5.74) is 2.94. The van der Waals surface area contributed by atoms with Gasteiger partial charge in [0.2, 0.25) is 0 Å². The van der Waals surface area contributed by atoms with Crippen molar-refractivity contribution in [1.29, 1.82) is 0 Å². The van der Waals surface area contributed by atoms with E-state index in [-0.39, 0.29) is 11.9 Å². The highest BCUT2D eigenvalue weighted by molar-refractivity contribution is 6.42. The normalized spacial score (nSPS) is 18.5. The van der Waals surface area contributed by atoms with Gasteiger partial charge in [0, 0.05) is 48.4 Å². The Hall–Kier alpha value is -3.06. The maximum atomic E-state index is 12.7. The quantitative estimate of drug-likeness (QED) is 0.716. The lowest BCUT2D eigenvalue weighted by Gasteiger charge is -2.21. The number of fused-ring (bicyclic) bond motifs is 2. The van der Waals surface area contributed by atoms with Gasteiger partial charge in [-0.1, -0.05) is 11.6 Å². The van der Waals surface area contributed by atoms with Gasteiger partial charge in [0.05, 0.1) is 12.1 Å². The molecule has 142 valence electrons. The topological polar surface area (TPSA) is 74.0 Å². The predicted molar refractivity (Wildman–Crippen MR) is 110 cm³/mol. The van der Waals surface area contributed by atoms with Crippen molar-refractivity contribution in [3.63, 3.8) is 0 Å². The van der Waals surface area contributed by atoms with E-state index in [0.29, 0.717) is 17.4 Å². The van der Waals surface area contributed by atoms with Crippen LogP contribution in [-0.4, -0.2) is 40.3 Å². The summed E-state index contributed by atoms with van der Waals surface area (Å²) in [5.74, 6) is 1.12. The number of rotatable bonds is 3. The molecule has 2 aliphatic heterocycles. The molecule has 1 saturated heterocycles. The zero-order valence-electron chi connectivity index (χ0n) is 15.1. The van der Waals surface area contributed by atoms with Crippen LogP contribution in [0.25, 0.3) is 5.52 Å². The molecular formula is C20H19ClN6O. The van der Waals surface area contributed by atoms with Crippen molar-refractivity contribution in [3.05, 3.63) is 59.5 Å². The molecule has 0 unspecified atom stereocenters. The molecule has 1 atom stereocenters. The molecule has 0 aliphatic carbocycles. The minimum Gasteiger partial charge on any atom is -0.353 e. The predicted octanol–water partition coefficient (Wildman–Crippen LogP) is 2.71. The third-order valence-corrected chi connectivity index (χ3v) is 5.43. The smallest absolute Gasteiger partial charge is 0.287 e. The Morgan fingerprint density at radius 2 is 2.21 bits per heavy atom. The van der Waals surface area contributed by atoms with Crippen molar-refractivity contribution < 1.29 is 4.79 Å². The van der Waals surface area contributed by atoms with Crippen LogP contribution in [-0.2, 0) is 11.3 Å². The second kappa shape index (κ2) is 6.83. The van der Waals surface area contributed by atoms with Gasteiger partial charge in [-0.25, -0.2) is 4.98 Å². The molecule has 3 aromatic rings. The van der Waals surface area contributed by atoms with E-state index in [2.05, 4.69) is 36.0 Å². The average molecular weight is 395 g/mol. The van der Waals surface area contributed by atoms with Gasteiger partial charge >= 0.3 is 0 Å². The van der Waals surface area contributed by atoms with Crippen LogP contribution < -0.4 is 15.5 Å². The summed E-state index contributed by atoms with van der Waals surface area (Å²) >= 11 is 6.02. The second-order valence-electron chi connectivity index (χ2n) is 7.05. The molecule has 4 heterocycles. The Labute approximate surface area is 167 Å². The first-order valence-corrected chi connectivity index (χ1v) is 9.62. The van der Waals surface area contributed by atoms with E-state index in [9.17, 15) is 4.79 Å². The van der Waals surface area contributed by atoms with Crippen molar-refractivity contribution in [3.8, 4) is 0 Å². The largest absolute Gasteiger partial charge is 0.353 e. The molecule has 0 radical (unpaired) electrons. The molecule has 0 bridgehead atoms. The lowest BCUT2D eigenvalue weighted by molar-refractivity contribution is -0.115. The van der Waals surface area contributed by atoms with E-state index >= 15 is 0 Å². The number of anilines is 2. The Kier molecular flexibility index (Phi) is 4.16. The highest BCUT2D eigenvalue weighted by Gasteiger charge is 2.28. The Bertz CT molecular complexity index is 1090. The Morgan fingerprint density at radius 3 is 3.14 bits per heavy atom. The Morgan fingerprint density at radius 1 is 1.29 bits per heavy atom. The molecule has 28 heavy (non-hydrogen) atoms. The lowest BCUT2D eigenvalue weighted by atomic mass is 10.1. The fourth-order valence-corrected chi connectivity index (χ4v) is 3.99. The number of hydrogen-bond acceptors (Lipinski definition) is 5. The van der Waals surface area contributed by atoms with Crippen LogP contribution in [0.15, 0.2) is 53.9 Å². The zero-order chi connectivity index (χ0) is 19.1. The molecule has 1 amide bonds. The van der Waals surface area contributed by atoms with Crippen LogP contribution in [0.4, 0.5) is 11.5 Å². The molecule has 1 aromatic carbocycles. The summed E-state index contributed by atoms with van der Waals surface area (Å²) in [7, 11) is 0. The molecule has 8 heteroatoms. The molecule has 0 saturated carbocycles. The molecule has 5 rings (SSSR count). The van der Waals surface area contributed by atoms with Crippen molar-refractivity contribution in [2.24, 2.45) is 4.99 Å². The number of aliphatic imine (C=N–C) groups is 1. The minimum atomic E-state index is -0.179. The summed E-state index contributed by atoms with van der Waals surface area (Å²) in [5, 5.41) is 6.88. The van der Waals surface area contributed by atoms with Gasteiger partial charge in [-0.3, -0.25) is 9.79 Å². The van der Waals surface area contributed by atoms with Gasteiger partial charge in [0.25, 0.3) is 5.91 Å². The molecule has 7 nitrogen and oxygen atoms in total. The first-order chi connectivity index (χ1) is 13.7. The second-order valence-corrected chi connectivity index (χ2v) is 7.48. The van der Waals surface area contributed by atoms with Crippen LogP contribution in [0, 0.1) is 0 Å². The summed E-state index contributed by atoms with van der Waals surface area (Å²) in [4.78, 5) is 23.8. The number of amides is 1. The van der Waals surface area contributed by atoms with Crippen molar-refractivity contribution >= 4 is 40.4 Å². The third-order valence-electron chi connectivity index (χ3n) is 5.20. The minimum absolute atomic E-state index is 0.0561. The fraction of sp³-hybridized carbons (Fsp3) is 0.250. The van der Waals surface area contributed by atoms with Gasteiger partial charge in [0.1, 0.15) is 0 Å². The van der Waals surface area contributed by atoms with Gasteiger partial charge in [-0.05, 0) is 42.3 Å². The van der Waals surface area contributed by atoms with E-state index in [4.69, 9.17) is 11.6 Å². The number of amidine groups is 1. The van der Waals surface area contributed by atoms with E-state index in [1.54, 1.807) is 12.3 Å². The standard InChI is InChI=1S/C20H19ClN6O/c21-14-3-4-16-13(10-14)11-23-18(25-16)20(28)24-15-5-8-27(12-15)19-17-2-1-7-26(17)9-6-22-19/h1-4,6-7,9-10,15H,5,8,11-12H2,(H,23,25)(H,24,28)/t15-/m0/s1. The first-order valence-electron chi connectivity index (χ1n) is 9.25. The Balaban J connectivity index is 1.25. The number of carbonyl (C=O) groups is 1. The van der Waals surface area contributed by atoms with Crippen LogP contribution in [0.1, 0.15) is 12.0 Å². The number of aromatic nitrogens is 2. The fourth-order valence-electron chi connectivity index (χ4n) is 3.80. The highest BCUT2D eigenvalue weighted by atomic mass is 35.5. The van der Waals surface area contributed by atoms with E-state index in [1.807, 2.05) is 30.6 Å². The highest BCUT2D eigenvalue weighted by Crippen LogP contribution is 2.25. The zero-order valence-corrected chi connectivity index (χ0v) is 15.9. The van der Waals surface area contributed by atoms with Crippen LogP contribution >= 0.6 is 11.6 Å². The molecule has 2 aromatic heterocycles. The van der Waals surface area contributed by atoms with Crippen LogP contribution in [0.2, 0.25) is 5.02 Å². The van der Waals surface area contributed by atoms with Gasteiger partial charge < -0.3 is 19.9 Å². The van der Waals surface area contributed by atoms with Crippen LogP contribution in [0.3, 0.4) is 0 Å². The maximum absolute atomic E-state index is 12.7. The SMILES string of the molecule is O=C(N[C@H]1CCN(c2nccn3cccc23)C1)C1=NCc2cc(Cl)ccc2N1. The maximum Gasteiger partial charge on any atom is 0.287 e. The van der Waals surface area contributed by atoms with Crippen molar-refractivity contribution in [2.45, 2.75) is 19.0 Å². The number of halogens is 1. The van der Waals surface area contributed by atoms with Crippen molar-refractivity contribution in [2.75, 3.05) is 23.3 Å². The van der Waals surface area contributed by atoms with Gasteiger partial charge in [0.15, 0.2) is 11.7 Å². The van der Waals surface area contributed by atoms with Gasteiger partial charge in [-0.15, -0.1) is 0 Å². The van der Waals surface area contributed by atoms with E-state index in [1.165, 1.54) is 0 Å². The van der Waals surface area contributed by atoms with E-state index in [0.717, 1.165) is 42.1 Å². The summed E-state index contributed by atoms with van der Waals surface area (Å²) in [6.07, 6.45) is 6.62. The van der Waals surface area contributed by atoms with E-state index < -0.39 is 0 Å². The molecular weight excluding hydrogens is 376 g/mol. The number of carbonyl (C=O) groups excluding carboxylic acids is 1. The van der Waals surface area contributed by atoms with Gasteiger partial charge in [-0.2, -0.15) is 0 Å². The summed E-state index contributed by atoms with van der Waals surface area (Å²) in [6, 6.07) is 9.66. The third kappa shape index (κ3) is 3.07. The van der Waals surface area contributed by atoms with Crippen molar-refractivity contribution in [1.82, 2.24) is 14.7 Å². The molecule has 2 N–H and O–H groups in total. The lowest BCUT2D eigenvalue weighted by Crippen LogP contribution is -2.44. The summed E-state index contributed by atoms with van der Waals surface area (Å²) in [6.45, 7) is 2.02. The number of nitrogens with one attached hydrogen (secondary N) is 2. The summed E-state index contributed by atoms with van der Waals surface area (Å²) < 4.78 is 2.05. The molecule has 2 aliphatic rings. The average Bonchev–Trinajstić information content (AvgIpc) is 3.36. The number of benzene rings is 1. The van der Waals surface area contributed by atoms with Crippen LogP contribution in [0.5, 0.6) is 0 Å². The monoisotopic (exact) mass is 394 g/mol.